The number of nitrogens with zero attached hydrogens (tertiary/aromatic N) is 1. The molecule has 18 heavy (non-hydrogen) atoms. The fourth-order valence-corrected chi connectivity index (χ4v) is 1.13. The number of carbonyl (C=O) groups excluding carboxylic acids is 2. The molecule has 0 spiro atoms. The van der Waals surface area contributed by atoms with E-state index in [0.29, 0.717) is 19.5 Å². The molecule has 0 aliphatic carbocycles. The summed E-state index contributed by atoms with van der Waals surface area (Å²) in [5, 5.41) is 2.75. The Bertz CT molecular complexity index is 277. The number of rotatable bonds is 5. The van der Waals surface area contributed by atoms with Gasteiger partial charge in [0.25, 0.3) is 0 Å². The van der Waals surface area contributed by atoms with Gasteiger partial charge in [-0.05, 0) is 6.92 Å². The van der Waals surface area contributed by atoms with Gasteiger partial charge in [0.1, 0.15) is 0 Å². The van der Waals surface area contributed by atoms with Crippen LogP contribution in [0, 0.1) is 5.41 Å². The zero-order valence-corrected chi connectivity index (χ0v) is 12.8. The lowest BCUT2D eigenvalue weighted by Gasteiger charge is -2.24. The van der Waals surface area contributed by atoms with E-state index in [1.54, 1.807) is 11.9 Å². The Kier molecular flexibility index (Phi) is 9.03. The Balaban J connectivity index is 0. The first-order valence-corrected chi connectivity index (χ1v) is 5.94. The zero-order chi connectivity index (χ0) is 13.6. The van der Waals surface area contributed by atoms with E-state index in [1.165, 1.54) is 0 Å². The molecule has 6 heteroatoms. The first-order chi connectivity index (χ1) is 7.70. The van der Waals surface area contributed by atoms with Crippen molar-refractivity contribution in [2.24, 2.45) is 11.1 Å². The molecule has 0 aliphatic heterocycles. The second-order valence-electron chi connectivity index (χ2n) is 5.35. The molecule has 0 heterocycles. The number of amides is 2. The molecule has 1 atom stereocenters. The van der Waals surface area contributed by atoms with Crippen LogP contribution in [0.5, 0.6) is 0 Å². The molecule has 0 bridgehead atoms. The molecule has 2 amide bonds. The number of likely N-dealkylation sites (N-methyl/N-ethyl adjacent to an activating group) is 1. The summed E-state index contributed by atoms with van der Waals surface area (Å²) in [6.45, 7) is 8.23. The topological polar surface area (TPSA) is 75.4 Å². The van der Waals surface area contributed by atoms with Gasteiger partial charge < -0.3 is 16.0 Å². The molecule has 0 fully saturated rings. The molecule has 0 aromatic rings. The maximum atomic E-state index is 11.7. The standard InChI is InChI=1S/C12H25N3O2.ClH/c1-9(8-13)15(5)10(16)6-7-14-11(17)12(2,3)4;/h9H,6-8,13H2,1-5H3,(H,14,17);1H. The molecule has 0 saturated heterocycles. The highest BCUT2D eigenvalue weighted by atomic mass is 35.5. The summed E-state index contributed by atoms with van der Waals surface area (Å²) < 4.78 is 0. The Morgan fingerprint density at radius 1 is 1.33 bits per heavy atom. The monoisotopic (exact) mass is 279 g/mol. The van der Waals surface area contributed by atoms with Crippen LogP contribution in [0.3, 0.4) is 0 Å². The van der Waals surface area contributed by atoms with Crippen LogP contribution in [0.15, 0.2) is 0 Å². The SMILES string of the molecule is CC(CN)N(C)C(=O)CCNC(=O)C(C)(C)C.Cl. The maximum absolute atomic E-state index is 11.7. The van der Waals surface area contributed by atoms with Crippen LogP contribution >= 0.6 is 12.4 Å². The van der Waals surface area contributed by atoms with Gasteiger partial charge in [-0.15, -0.1) is 12.4 Å². The van der Waals surface area contributed by atoms with Gasteiger partial charge in [-0.3, -0.25) is 9.59 Å². The van der Waals surface area contributed by atoms with Crippen molar-refractivity contribution in [2.45, 2.75) is 40.2 Å². The average molecular weight is 280 g/mol. The van der Waals surface area contributed by atoms with Gasteiger partial charge in [-0.2, -0.15) is 0 Å². The van der Waals surface area contributed by atoms with E-state index >= 15 is 0 Å². The van der Waals surface area contributed by atoms with Gasteiger partial charge in [0.2, 0.25) is 11.8 Å². The molecular formula is C12H26ClN3O2. The molecule has 0 aromatic carbocycles. The second-order valence-corrected chi connectivity index (χ2v) is 5.35. The Morgan fingerprint density at radius 2 is 1.83 bits per heavy atom. The molecule has 0 saturated carbocycles. The van der Waals surface area contributed by atoms with Crippen LogP contribution in [-0.2, 0) is 9.59 Å². The van der Waals surface area contributed by atoms with Gasteiger partial charge in [0.15, 0.2) is 0 Å². The molecule has 0 aliphatic rings. The normalized spacial score (nSPS) is 12.3. The first kappa shape index (κ1) is 19.5. The van der Waals surface area contributed by atoms with E-state index in [9.17, 15) is 9.59 Å². The van der Waals surface area contributed by atoms with Gasteiger partial charge in [-0.1, -0.05) is 20.8 Å². The van der Waals surface area contributed by atoms with E-state index in [2.05, 4.69) is 5.32 Å². The Morgan fingerprint density at radius 3 is 2.22 bits per heavy atom. The third kappa shape index (κ3) is 6.81. The molecule has 0 rings (SSSR count). The van der Waals surface area contributed by atoms with Gasteiger partial charge in [0, 0.05) is 38.0 Å². The summed E-state index contributed by atoms with van der Waals surface area (Å²) in [6.07, 6.45) is 0.308. The minimum absolute atomic E-state index is 0. The Hall–Kier alpha value is -0.810. The van der Waals surface area contributed by atoms with Gasteiger partial charge in [-0.25, -0.2) is 0 Å². The predicted molar refractivity (Wildman–Crippen MR) is 75.6 cm³/mol. The minimum Gasteiger partial charge on any atom is -0.355 e. The maximum Gasteiger partial charge on any atom is 0.225 e. The van der Waals surface area contributed by atoms with Crippen molar-refractivity contribution >= 4 is 24.2 Å². The van der Waals surface area contributed by atoms with Crippen LogP contribution in [0.4, 0.5) is 0 Å². The molecule has 3 N–H and O–H groups in total. The molecule has 5 nitrogen and oxygen atoms in total. The minimum atomic E-state index is -0.417. The summed E-state index contributed by atoms with van der Waals surface area (Å²) in [7, 11) is 1.73. The van der Waals surface area contributed by atoms with E-state index in [1.807, 2.05) is 27.7 Å². The molecule has 0 aromatic heterocycles. The molecule has 1 unspecified atom stereocenters. The smallest absolute Gasteiger partial charge is 0.225 e. The van der Waals surface area contributed by atoms with E-state index < -0.39 is 5.41 Å². The lowest BCUT2D eigenvalue weighted by molar-refractivity contribution is -0.132. The van der Waals surface area contributed by atoms with Crippen molar-refractivity contribution in [1.82, 2.24) is 10.2 Å². The van der Waals surface area contributed by atoms with Gasteiger partial charge in [0.05, 0.1) is 0 Å². The molecular weight excluding hydrogens is 254 g/mol. The highest BCUT2D eigenvalue weighted by Crippen LogP contribution is 2.12. The number of hydrogen-bond donors (Lipinski definition) is 2. The van der Waals surface area contributed by atoms with Crippen LogP contribution in [0.1, 0.15) is 34.1 Å². The second kappa shape index (κ2) is 8.32. The fourth-order valence-electron chi connectivity index (χ4n) is 1.13. The number of carbonyl (C=O) groups is 2. The van der Waals surface area contributed by atoms with Crippen LogP contribution in [0.2, 0.25) is 0 Å². The van der Waals surface area contributed by atoms with Crippen molar-refractivity contribution in [3.05, 3.63) is 0 Å². The summed E-state index contributed by atoms with van der Waals surface area (Å²) >= 11 is 0. The Labute approximate surface area is 116 Å². The first-order valence-electron chi connectivity index (χ1n) is 5.94. The third-order valence-electron chi connectivity index (χ3n) is 2.70. The third-order valence-corrected chi connectivity index (χ3v) is 2.70. The van der Waals surface area contributed by atoms with Crippen LogP contribution in [-0.4, -0.2) is 42.9 Å². The number of nitrogens with two attached hydrogens (primary N) is 1. The lowest BCUT2D eigenvalue weighted by Crippen LogP contribution is -2.42. The largest absolute Gasteiger partial charge is 0.355 e. The van der Waals surface area contributed by atoms with Crippen molar-refractivity contribution < 1.29 is 9.59 Å². The van der Waals surface area contributed by atoms with E-state index in [-0.39, 0.29) is 30.3 Å². The molecule has 0 radical (unpaired) electrons. The highest BCUT2D eigenvalue weighted by molar-refractivity contribution is 5.85. The summed E-state index contributed by atoms with van der Waals surface area (Å²) in [4.78, 5) is 24.9. The van der Waals surface area contributed by atoms with Crippen molar-refractivity contribution in [3.63, 3.8) is 0 Å². The fraction of sp³-hybridized carbons (Fsp3) is 0.833. The van der Waals surface area contributed by atoms with Crippen molar-refractivity contribution in [2.75, 3.05) is 20.1 Å². The van der Waals surface area contributed by atoms with Crippen molar-refractivity contribution in [3.8, 4) is 0 Å². The zero-order valence-electron chi connectivity index (χ0n) is 11.9. The van der Waals surface area contributed by atoms with E-state index in [0.717, 1.165) is 0 Å². The summed E-state index contributed by atoms with van der Waals surface area (Å²) in [5.41, 5.74) is 5.06. The van der Waals surface area contributed by atoms with Crippen molar-refractivity contribution in [1.29, 1.82) is 0 Å². The predicted octanol–water partition coefficient (Wildman–Crippen LogP) is 0.766. The quantitative estimate of drug-likeness (QED) is 0.780. The average Bonchev–Trinajstić information content (AvgIpc) is 2.25. The summed E-state index contributed by atoms with van der Waals surface area (Å²) in [6, 6.07) is 0.0285. The number of halogens is 1. The van der Waals surface area contributed by atoms with Crippen LogP contribution < -0.4 is 11.1 Å². The molecule has 108 valence electrons. The summed E-state index contributed by atoms with van der Waals surface area (Å²) in [5.74, 6) is -0.0445. The highest BCUT2D eigenvalue weighted by Gasteiger charge is 2.21. The number of hydrogen-bond acceptors (Lipinski definition) is 3. The number of nitrogens with one attached hydrogen (secondary N) is 1. The van der Waals surface area contributed by atoms with E-state index in [4.69, 9.17) is 5.73 Å². The van der Waals surface area contributed by atoms with Crippen LogP contribution in [0.25, 0.3) is 0 Å². The van der Waals surface area contributed by atoms with Gasteiger partial charge >= 0.3 is 0 Å². The lowest BCUT2D eigenvalue weighted by atomic mass is 9.96.